The number of benzene rings is 1. The topological polar surface area (TPSA) is 129 Å². The maximum atomic E-state index is 14.1. The van der Waals surface area contributed by atoms with Crippen molar-refractivity contribution in [1.82, 2.24) is 35.0 Å². The summed E-state index contributed by atoms with van der Waals surface area (Å²) in [4.78, 5) is 12.4. The Morgan fingerprint density at radius 3 is 2.63 bits per heavy atom. The predicted octanol–water partition coefficient (Wildman–Crippen LogP) is 3.08. The van der Waals surface area contributed by atoms with Crippen molar-refractivity contribution in [3.8, 4) is 22.8 Å². The van der Waals surface area contributed by atoms with E-state index in [2.05, 4.69) is 46.3 Å². The zero-order valence-corrected chi connectivity index (χ0v) is 20.1. The Balaban J connectivity index is 1.55. The fourth-order valence-corrected chi connectivity index (χ4v) is 4.21. The van der Waals surface area contributed by atoms with Gasteiger partial charge in [-0.2, -0.15) is 19.5 Å². The number of nitrogens with one attached hydrogen (secondary N) is 2. The molecule has 4 N–H and O–H groups in total. The van der Waals surface area contributed by atoms with Crippen LogP contribution in [-0.4, -0.2) is 55.0 Å². The van der Waals surface area contributed by atoms with Crippen LogP contribution in [0.25, 0.3) is 22.4 Å². The number of aryl methyl sites for hydroxylation is 1. The lowest BCUT2D eigenvalue weighted by molar-refractivity contribution is 0.171. The van der Waals surface area contributed by atoms with Gasteiger partial charge in [0.25, 0.3) is 0 Å². The van der Waals surface area contributed by atoms with Gasteiger partial charge in [-0.05, 0) is 57.5 Å². The van der Waals surface area contributed by atoms with Crippen LogP contribution in [0.4, 0.5) is 10.2 Å². The number of anilines is 1. The van der Waals surface area contributed by atoms with Gasteiger partial charge in [-0.15, -0.1) is 0 Å². The van der Waals surface area contributed by atoms with Crippen molar-refractivity contribution in [3.63, 3.8) is 0 Å². The van der Waals surface area contributed by atoms with Crippen LogP contribution in [-0.2, 0) is 13.0 Å². The number of fused-ring (bicyclic) bond motifs is 2. The predicted molar refractivity (Wildman–Crippen MR) is 130 cm³/mol. The Bertz CT molecular complexity index is 1340. The van der Waals surface area contributed by atoms with Gasteiger partial charge in [0.2, 0.25) is 0 Å². The van der Waals surface area contributed by atoms with Gasteiger partial charge in [-0.25, -0.2) is 4.98 Å². The van der Waals surface area contributed by atoms with Gasteiger partial charge in [0.1, 0.15) is 19.0 Å². The summed E-state index contributed by atoms with van der Waals surface area (Å²) in [6.45, 7) is 8.71. The number of nitrogens with zero attached hydrogens (tertiary/aromatic N) is 5. The van der Waals surface area contributed by atoms with E-state index in [1.165, 1.54) is 0 Å². The average molecular weight is 481 g/mol. The van der Waals surface area contributed by atoms with E-state index in [0.29, 0.717) is 54.7 Å². The van der Waals surface area contributed by atoms with E-state index in [-0.39, 0.29) is 11.4 Å². The van der Waals surface area contributed by atoms with Gasteiger partial charge in [-0.1, -0.05) is 0 Å². The molecule has 1 aliphatic heterocycles. The summed E-state index contributed by atoms with van der Waals surface area (Å²) in [5.41, 5.74) is 9.41. The highest BCUT2D eigenvalue weighted by Gasteiger charge is 2.22. The third-order valence-corrected chi connectivity index (χ3v) is 5.78. The number of hydrogen-bond donors (Lipinski definition) is 3. The van der Waals surface area contributed by atoms with Gasteiger partial charge >= 0.3 is 6.08 Å². The Morgan fingerprint density at radius 2 is 1.91 bits per heavy atom. The van der Waals surface area contributed by atoms with Crippen molar-refractivity contribution >= 4 is 17.0 Å². The standard InChI is InChI=1S/C24H29FN8O2/c1-24(2,3)27-6-4-8-33-19(29-20-21(26)30-23(25)31-22(20)33)12-14-11-17-18(35-10-9-34-17)13-15(14)16-5-7-28-32-16/h5,7,11,13,27H,4,6,8-10,12H2,1-3H3,(H,28,32)(H2,26,30,31). The summed E-state index contributed by atoms with van der Waals surface area (Å²) in [6.07, 6.45) is 2.14. The minimum absolute atomic E-state index is 0.00219. The van der Waals surface area contributed by atoms with Crippen LogP contribution >= 0.6 is 0 Å². The molecule has 0 amide bonds. The van der Waals surface area contributed by atoms with E-state index in [1.807, 2.05) is 22.8 Å². The fraction of sp³-hybridized carbons (Fsp3) is 0.417. The fourth-order valence-electron chi connectivity index (χ4n) is 4.21. The number of rotatable bonds is 7. The zero-order valence-electron chi connectivity index (χ0n) is 20.1. The van der Waals surface area contributed by atoms with Gasteiger partial charge in [-0.3, -0.25) is 5.10 Å². The van der Waals surface area contributed by atoms with Gasteiger partial charge in [0.05, 0.1) is 5.69 Å². The Hall–Kier alpha value is -3.73. The Morgan fingerprint density at radius 1 is 1.14 bits per heavy atom. The third-order valence-electron chi connectivity index (χ3n) is 5.78. The maximum Gasteiger partial charge on any atom is 0.312 e. The second-order valence-corrected chi connectivity index (χ2v) is 9.55. The SMILES string of the molecule is CC(C)(C)NCCCn1c(Cc2cc3c(cc2-c2cc[nH]n2)OCCO3)nc2c(N)nc(F)nc21. The molecule has 184 valence electrons. The van der Waals surface area contributed by atoms with Crippen molar-refractivity contribution in [2.75, 3.05) is 25.5 Å². The van der Waals surface area contributed by atoms with Crippen LogP contribution in [0.2, 0.25) is 0 Å². The van der Waals surface area contributed by atoms with Crippen LogP contribution in [0.15, 0.2) is 24.4 Å². The number of aromatic amines is 1. The molecule has 0 saturated heterocycles. The molecular weight excluding hydrogens is 451 g/mol. The van der Waals surface area contributed by atoms with Crippen molar-refractivity contribution in [3.05, 3.63) is 41.9 Å². The molecule has 0 unspecified atom stereocenters. The van der Waals surface area contributed by atoms with Crippen LogP contribution < -0.4 is 20.5 Å². The molecule has 0 spiro atoms. The van der Waals surface area contributed by atoms with Gasteiger partial charge in [0.15, 0.2) is 28.5 Å². The first-order valence-corrected chi connectivity index (χ1v) is 11.6. The first-order chi connectivity index (χ1) is 16.8. The molecule has 4 aromatic rings. The van der Waals surface area contributed by atoms with E-state index < -0.39 is 6.08 Å². The van der Waals surface area contributed by atoms with Crippen molar-refractivity contribution in [1.29, 1.82) is 0 Å². The summed E-state index contributed by atoms with van der Waals surface area (Å²) in [5, 5.41) is 10.7. The second-order valence-electron chi connectivity index (χ2n) is 9.55. The normalized spacial score (nSPS) is 13.5. The quantitative estimate of drug-likeness (QED) is 0.272. The number of nitrogens with two attached hydrogens (primary N) is 1. The molecule has 3 aromatic heterocycles. The van der Waals surface area contributed by atoms with Crippen molar-refractivity contribution in [2.24, 2.45) is 0 Å². The number of ether oxygens (including phenoxy) is 2. The molecule has 4 heterocycles. The Labute approximate surface area is 202 Å². The van der Waals surface area contributed by atoms with Crippen molar-refractivity contribution in [2.45, 2.75) is 45.7 Å². The number of hydrogen-bond acceptors (Lipinski definition) is 8. The first-order valence-electron chi connectivity index (χ1n) is 11.6. The minimum atomic E-state index is -0.868. The lowest BCUT2D eigenvalue weighted by Gasteiger charge is -2.21. The zero-order chi connectivity index (χ0) is 24.6. The smallest absolute Gasteiger partial charge is 0.312 e. The van der Waals surface area contributed by atoms with Crippen LogP contribution in [0.3, 0.4) is 0 Å². The molecule has 35 heavy (non-hydrogen) atoms. The molecule has 0 saturated carbocycles. The number of H-pyrrole nitrogens is 1. The number of halogens is 1. The number of imidazole rings is 1. The summed E-state index contributed by atoms with van der Waals surface area (Å²) in [7, 11) is 0. The van der Waals surface area contributed by atoms with Gasteiger partial charge < -0.3 is 25.1 Å². The highest BCUT2D eigenvalue weighted by Crippen LogP contribution is 2.38. The van der Waals surface area contributed by atoms with Gasteiger partial charge in [0, 0.05) is 30.3 Å². The highest BCUT2D eigenvalue weighted by atomic mass is 19.1. The molecule has 0 bridgehead atoms. The molecule has 0 radical (unpaired) electrons. The molecule has 0 aliphatic carbocycles. The molecule has 11 heteroatoms. The second kappa shape index (κ2) is 9.14. The van der Waals surface area contributed by atoms with Crippen molar-refractivity contribution < 1.29 is 13.9 Å². The third kappa shape index (κ3) is 4.90. The summed E-state index contributed by atoms with van der Waals surface area (Å²) in [5.74, 6) is 2.08. The lowest BCUT2D eigenvalue weighted by Crippen LogP contribution is -2.36. The summed E-state index contributed by atoms with van der Waals surface area (Å²) >= 11 is 0. The maximum absolute atomic E-state index is 14.1. The Kier molecular flexibility index (Phi) is 6.01. The van der Waals surface area contributed by atoms with Crippen LogP contribution in [0.5, 0.6) is 11.5 Å². The van der Waals surface area contributed by atoms with Crippen LogP contribution in [0, 0.1) is 6.08 Å². The van der Waals surface area contributed by atoms with Crippen LogP contribution in [0.1, 0.15) is 38.6 Å². The van der Waals surface area contributed by atoms with E-state index in [0.717, 1.165) is 29.8 Å². The molecular formula is C24H29FN8O2. The first kappa shape index (κ1) is 23.0. The molecule has 5 rings (SSSR count). The lowest BCUT2D eigenvalue weighted by atomic mass is 10.00. The monoisotopic (exact) mass is 480 g/mol. The minimum Gasteiger partial charge on any atom is -0.486 e. The number of nitrogen functional groups attached to an aromatic ring is 1. The van der Waals surface area contributed by atoms with E-state index in [9.17, 15) is 4.39 Å². The molecule has 10 nitrogen and oxygen atoms in total. The molecule has 1 aliphatic rings. The summed E-state index contributed by atoms with van der Waals surface area (Å²) in [6, 6.07) is 5.79. The van der Waals surface area contributed by atoms with E-state index in [4.69, 9.17) is 20.2 Å². The molecule has 0 fully saturated rings. The number of aromatic nitrogens is 6. The molecule has 0 atom stereocenters. The largest absolute Gasteiger partial charge is 0.486 e. The van der Waals surface area contributed by atoms with E-state index in [1.54, 1.807) is 6.20 Å². The highest BCUT2D eigenvalue weighted by molar-refractivity contribution is 5.82. The van der Waals surface area contributed by atoms with E-state index >= 15 is 0 Å². The average Bonchev–Trinajstić information content (AvgIpc) is 3.45. The molecule has 1 aromatic carbocycles. The summed E-state index contributed by atoms with van der Waals surface area (Å²) < 4.78 is 27.6.